The Bertz CT molecular complexity index is 2830. The van der Waals surface area contributed by atoms with Gasteiger partial charge in [0.2, 0.25) is 0 Å². The molecule has 0 atom stereocenters. The molecule has 0 spiro atoms. The van der Waals surface area contributed by atoms with E-state index in [9.17, 15) is 0 Å². The number of aromatic nitrogens is 4. The predicted octanol–water partition coefficient (Wildman–Crippen LogP) is 11.5. The largest absolute Gasteiger partial charge is 0.255 e. The lowest BCUT2D eigenvalue weighted by Crippen LogP contribution is -2.08. The van der Waals surface area contributed by atoms with Crippen LogP contribution < -0.4 is 0 Å². The fourth-order valence-corrected chi connectivity index (χ4v) is 7.21. The average molecular weight is 666 g/mol. The molecule has 5 heterocycles. The Hall–Kier alpha value is -6.85. The molecule has 0 saturated carbocycles. The van der Waals surface area contributed by atoms with Crippen molar-refractivity contribution in [2.75, 3.05) is 0 Å². The number of fused-ring (bicyclic) bond motifs is 5. The van der Waals surface area contributed by atoms with Crippen molar-refractivity contribution < 1.29 is 0 Å². The summed E-state index contributed by atoms with van der Waals surface area (Å²) in [5.74, 6) is 0. The Kier molecular flexibility index (Phi) is 7.21. The number of benzene rings is 5. The Labute approximate surface area is 301 Å². The van der Waals surface area contributed by atoms with E-state index in [4.69, 9.17) is 19.9 Å². The van der Waals surface area contributed by atoms with E-state index in [1.165, 1.54) is 11.1 Å². The van der Waals surface area contributed by atoms with Gasteiger partial charge in [0.15, 0.2) is 0 Å². The molecule has 0 saturated heterocycles. The standard InChI is InChI=1S/C47H31N5/c1-2-6-30(7-3-1)40-24-21-35-15-16-36-22-25-41(52-47(36)46(35)51-40)32-11-9-31(10-12-32)39-23-19-33-13-17-37(28-44(33)49-39)38-18-14-34-20-26-43(50-45(34)29-38)42-8-4-5-27-48-42/h1-20,22-23,25-29H,21,24H2. The molecule has 0 radical (unpaired) electrons. The molecular formula is C47H31N5. The first-order valence-electron chi connectivity index (χ1n) is 17.6. The lowest BCUT2D eigenvalue weighted by atomic mass is 9.95. The third-order valence-corrected chi connectivity index (χ3v) is 10.0. The second kappa shape index (κ2) is 12.5. The van der Waals surface area contributed by atoms with E-state index in [1.54, 1.807) is 6.20 Å². The lowest BCUT2D eigenvalue weighted by Gasteiger charge is -2.17. The molecular weight excluding hydrogens is 635 g/mol. The molecule has 0 bridgehead atoms. The minimum atomic E-state index is 0.864. The van der Waals surface area contributed by atoms with Gasteiger partial charge >= 0.3 is 0 Å². The maximum Gasteiger partial charge on any atom is 0.0968 e. The second-order valence-electron chi connectivity index (χ2n) is 13.3. The molecule has 5 heteroatoms. The van der Waals surface area contributed by atoms with Crippen molar-refractivity contribution in [1.82, 2.24) is 19.9 Å². The van der Waals surface area contributed by atoms with Gasteiger partial charge in [0.1, 0.15) is 0 Å². The van der Waals surface area contributed by atoms with Gasteiger partial charge in [0.25, 0.3) is 0 Å². The van der Waals surface area contributed by atoms with Crippen molar-refractivity contribution in [2.24, 2.45) is 4.99 Å². The fraction of sp³-hybridized carbons (Fsp3) is 0.0426. The summed E-state index contributed by atoms with van der Waals surface area (Å²) >= 11 is 0. The third kappa shape index (κ3) is 5.49. The molecule has 1 aliphatic rings. The van der Waals surface area contributed by atoms with Crippen molar-refractivity contribution >= 4 is 44.1 Å². The average Bonchev–Trinajstić information content (AvgIpc) is 3.23. The maximum absolute atomic E-state index is 5.18. The van der Waals surface area contributed by atoms with Crippen molar-refractivity contribution in [3.05, 3.63) is 175 Å². The number of nitrogens with zero attached hydrogens (tertiary/aromatic N) is 5. The molecule has 244 valence electrons. The summed E-state index contributed by atoms with van der Waals surface area (Å²) in [4.78, 5) is 24.9. The van der Waals surface area contributed by atoms with E-state index in [0.717, 1.165) is 102 Å². The Balaban J connectivity index is 0.955. The number of hydrogen-bond acceptors (Lipinski definition) is 5. The molecule has 0 N–H and O–H groups in total. The summed E-state index contributed by atoms with van der Waals surface area (Å²) in [5, 5.41) is 3.30. The smallest absolute Gasteiger partial charge is 0.0968 e. The van der Waals surface area contributed by atoms with Crippen LogP contribution in [0.25, 0.3) is 77.7 Å². The minimum Gasteiger partial charge on any atom is -0.255 e. The first kappa shape index (κ1) is 30.0. The normalized spacial score (nSPS) is 12.6. The van der Waals surface area contributed by atoms with Crippen LogP contribution in [0.3, 0.4) is 0 Å². The third-order valence-electron chi connectivity index (χ3n) is 10.0. The molecule has 0 unspecified atom stereocenters. The number of pyridine rings is 4. The molecule has 0 amide bonds. The zero-order valence-electron chi connectivity index (χ0n) is 28.2. The SMILES string of the molecule is c1ccc(C2=Nc3c(ccc4ccc(-c5ccc(-c6ccc7ccc(-c8ccc9ccc(-c%10ccccn%10)nc9c8)cc7n6)cc5)nc34)CC2)cc1. The van der Waals surface area contributed by atoms with Crippen LogP contribution in [0.1, 0.15) is 17.5 Å². The van der Waals surface area contributed by atoms with Crippen LogP contribution >= 0.6 is 0 Å². The Morgan fingerprint density at radius 2 is 0.962 bits per heavy atom. The molecule has 5 aromatic carbocycles. The van der Waals surface area contributed by atoms with Crippen LogP contribution in [-0.4, -0.2) is 25.6 Å². The van der Waals surface area contributed by atoms with Gasteiger partial charge in [-0.25, -0.2) is 15.0 Å². The maximum atomic E-state index is 5.18. The van der Waals surface area contributed by atoms with E-state index >= 15 is 0 Å². The van der Waals surface area contributed by atoms with Crippen molar-refractivity contribution in [2.45, 2.75) is 12.8 Å². The van der Waals surface area contributed by atoms with Crippen molar-refractivity contribution in [1.29, 1.82) is 0 Å². The fourth-order valence-electron chi connectivity index (χ4n) is 7.21. The van der Waals surface area contributed by atoms with Crippen LogP contribution in [0.15, 0.2) is 169 Å². The zero-order valence-corrected chi connectivity index (χ0v) is 28.2. The lowest BCUT2D eigenvalue weighted by molar-refractivity contribution is 1.01. The summed E-state index contributed by atoms with van der Waals surface area (Å²) in [6, 6.07) is 54.8. The highest BCUT2D eigenvalue weighted by Gasteiger charge is 2.17. The highest BCUT2D eigenvalue weighted by Crippen LogP contribution is 2.36. The van der Waals surface area contributed by atoms with E-state index in [2.05, 4.69) is 132 Å². The summed E-state index contributed by atoms with van der Waals surface area (Å²) in [5.41, 5.74) is 15.3. The van der Waals surface area contributed by atoms with Crippen molar-refractivity contribution in [3.8, 4) is 45.0 Å². The predicted molar refractivity (Wildman–Crippen MR) is 213 cm³/mol. The number of rotatable bonds is 5. The van der Waals surface area contributed by atoms with Gasteiger partial charge in [-0.1, -0.05) is 115 Å². The van der Waals surface area contributed by atoms with Gasteiger partial charge in [0, 0.05) is 39.2 Å². The molecule has 4 aromatic heterocycles. The molecule has 0 aliphatic carbocycles. The monoisotopic (exact) mass is 665 g/mol. The molecule has 0 fully saturated rings. The molecule has 1 aliphatic heterocycles. The Morgan fingerprint density at radius 3 is 1.65 bits per heavy atom. The summed E-state index contributed by atoms with van der Waals surface area (Å²) in [6.45, 7) is 0. The van der Waals surface area contributed by atoms with Gasteiger partial charge in [-0.15, -0.1) is 0 Å². The van der Waals surface area contributed by atoms with E-state index in [-0.39, 0.29) is 0 Å². The van der Waals surface area contributed by atoms with Gasteiger partial charge in [-0.3, -0.25) is 9.98 Å². The quantitative estimate of drug-likeness (QED) is 0.184. The summed E-state index contributed by atoms with van der Waals surface area (Å²) in [6.07, 6.45) is 3.70. The van der Waals surface area contributed by atoms with Gasteiger partial charge in [-0.05, 0) is 77.6 Å². The van der Waals surface area contributed by atoms with Crippen LogP contribution in [0.4, 0.5) is 5.69 Å². The summed E-state index contributed by atoms with van der Waals surface area (Å²) in [7, 11) is 0. The first-order chi connectivity index (χ1) is 25.7. The highest BCUT2D eigenvalue weighted by atomic mass is 14.8. The van der Waals surface area contributed by atoms with Crippen LogP contribution in [-0.2, 0) is 6.42 Å². The van der Waals surface area contributed by atoms with E-state index < -0.39 is 0 Å². The first-order valence-corrected chi connectivity index (χ1v) is 17.6. The highest BCUT2D eigenvalue weighted by molar-refractivity contribution is 6.06. The van der Waals surface area contributed by atoms with Gasteiger partial charge in [0.05, 0.1) is 45.0 Å². The number of hydrogen-bond donors (Lipinski definition) is 0. The van der Waals surface area contributed by atoms with Crippen LogP contribution in [0.5, 0.6) is 0 Å². The number of aliphatic imine (C=N–C) groups is 1. The van der Waals surface area contributed by atoms with E-state index in [1.807, 2.05) is 30.3 Å². The molecule has 9 aromatic rings. The molecule has 10 rings (SSSR count). The minimum absolute atomic E-state index is 0.864. The Morgan fingerprint density at radius 1 is 0.385 bits per heavy atom. The van der Waals surface area contributed by atoms with Gasteiger partial charge in [-0.2, -0.15) is 0 Å². The molecule has 5 nitrogen and oxygen atoms in total. The van der Waals surface area contributed by atoms with Crippen LogP contribution in [0.2, 0.25) is 0 Å². The van der Waals surface area contributed by atoms with Crippen molar-refractivity contribution in [3.63, 3.8) is 0 Å². The van der Waals surface area contributed by atoms with E-state index in [0.29, 0.717) is 0 Å². The zero-order chi connectivity index (χ0) is 34.4. The van der Waals surface area contributed by atoms with Gasteiger partial charge < -0.3 is 0 Å². The summed E-state index contributed by atoms with van der Waals surface area (Å²) < 4.78 is 0. The topological polar surface area (TPSA) is 63.9 Å². The molecule has 52 heavy (non-hydrogen) atoms. The van der Waals surface area contributed by atoms with Crippen LogP contribution in [0, 0.1) is 0 Å². The number of aryl methyl sites for hydroxylation is 1. The second-order valence-corrected chi connectivity index (χ2v) is 13.3.